The average Bonchev–Trinajstić information content (AvgIpc) is 3.19. The number of halogens is 1. The van der Waals surface area contributed by atoms with Gasteiger partial charge in [0.25, 0.3) is 0 Å². The van der Waals surface area contributed by atoms with Crippen molar-refractivity contribution in [2.45, 2.75) is 12.8 Å². The number of methoxy groups -OCH3 is 1. The van der Waals surface area contributed by atoms with Crippen LogP contribution in [-0.4, -0.2) is 34.8 Å². The van der Waals surface area contributed by atoms with Gasteiger partial charge < -0.3 is 14.0 Å². The zero-order valence-corrected chi connectivity index (χ0v) is 16.8. The van der Waals surface area contributed by atoms with Gasteiger partial charge in [-0.25, -0.2) is 4.79 Å². The van der Waals surface area contributed by atoms with Gasteiger partial charge in [-0.15, -0.1) is 0 Å². The van der Waals surface area contributed by atoms with Crippen molar-refractivity contribution in [2.75, 3.05) is 13.7 Å². The normalized spacial score (nSPS) is 10.9. The Kier molecular flexibility index (Phi) is 6.91. The van der Waals surface area contributed by atoms with E-state index < -0.39 is 5.97 Å². The summed E-state index contributed by atoms with van der Waals surface area (Å²) >= 11 is 3.39. The predicted molar refractivity (Wildman–Crippen MR) is 107 cm³/mol. The molecule has 3 aromatic rings. The van der Waals surface area contributed by atoms with Gasteiger partial charge in [-0.3, -0.25) is 4.98 Å². The van der Waals surface area contributed by atoms with E-state index in [0.717, 1.165) is 15.6 Å². The Morgan fingerprint density at radius 2 is 2.21 bits per heavy atom. The number of aryl methyl sites for hydroxylation is 1. The highest BCUT2D eigenvalue weighted by Gasteiger charge is 2.09. The fourth-order valence-electron chi connectivity index (χ4n) is 2.41. The molecule has 0 fully saturated rings. The molecule has 0 saturated heterocycles. The second-order valence-corrected chi connectivity index (χ2v) is 6.66. The monoisotopic (exact) mass is 443 g/mol. The zero-order valence-electron chi connectivity index (χ0n) is 15.2. The molecule has 144 valence electrons. The Labute approximate surface area is 170 Å². The Hall–Kier alpha value is -3.00. The maximum atomic E-state index is 11.9. The van der Waals surface area contributed by atoms with Crippen LogP contribution < -0.4 is 4.74 Å². The van der Waals surface area contributed by atoms with Crippen LogP contribution >= 0.6 is 15.9 Å². The van der Waals surface area contributed by atoms with E-state index in [1.54, 1.807) is 25.6 Å². The molecule has 0 unspecified atom stereocenters. The maximum Gasteiger partial charge on any atom is 0.330 e. The maximum absolute atomic E-state index is 11.9. The summed E-state index contributed by atoms with van der Waals surface area (Å²) in [5.74, 6) is 1.23. The topological polar surface area (TPSA) is 87.3 Å². The molecule has 0 atom stereocenters. The first-order valence-electron chi connectivity index (χ1n) is 8.57. The van der Waals surface area contributed by atoms with Gasteiger partial charge >= 0.3 is 5.97 Å². The molecular formula is C20H18BrN3O4. The van der Waals surface area contributed by atoms with Gasteiger partial charge in [-0.2, -0.15) is 4.98 Å². The number of hydrogen-bond acceptors (Lipinski definition) is 7. The first kappa shape index (κ1) is 19.8. The minimum Gasteiger partial charge on any atom is -0.496 e. The Balaban J connectivity index is 1.45. The minimum atomic E-state index is -0.427. The Morgan fingerprint density at radius 3 is 3.00 bits per heavy atom. The molecule has 0 aliphatic carbocycles. The zero-order chi connectivity index (χ0) is 19.8. The number of pyridine rings is 1. The third-order valence-corrected chi connectivity index (χ3v) is 4.25. The molecule has 0 aliphatic heterocycles. The molecule has 8 heteroatoms. The van der Waals surface area contributed by atoms with Crippen molar-refractivity contribution < 1.29 is 18.8 Å². The number of nitrogens with zero attached hydrogens (tertiary/aromatic N) is 3. The van der Waals surface area contributed by atoms with E-state index in [-0.39, 0.29) is 6.61 Å². The smallest absolute Gasteiger partial charge is 0.330 e. The summed E-state index contributed by atoms with van der Waals surface area (Å²) in [6.45, 7) is 0.253. The van der Waals surface area contributed by atoms with Gasteiger partial charge in [0.15, 0.2) is 0 Å². The molecule has 7 nitrogen and oxygen atoms in total. The lowest BCUT2D eigenvalue weighted by Crippen LogP contribution is -2.03. The molecule has 0 aliphatic rings. The molecule has 3 rings (SSSR count). The molecule has 1 aromatic carbocycles. The van der Waals surface area contributed by atoms with E-state index in [9.17, 15) is 4.79 Å². The molecular weight excluding hydrogens is 426 g/mol. The summed E-state index contributed by atoms with van der Waals surface area (Å²) < 4.78 is 16.6. The Morgan fingerprint density at radius 1 is 1.32 bits per heavy atom. The molecule has 0 saturated carbocycles. The quantitative estimate of drug-likeness (QED) is 0.294. The molecule has 2 heterocycles. The van der Waals surface area contributed by atoms with Gasteiger partial charge in [0.1, 0.15) is 5.75 Å². The fourth-order valence-corrected chi connectivity index (χ4v) is 2.79. The highest BCUT2D eigenvalue weighted by Crippen LogP contribution is 2.24. The summed E-state index contributed by atoms with van der Waals surface area (Å²) in [4.78, 5) is 20.2. The van der Waals surface area contributed by atoms with Gasteiger partial charge in [-0.05, 0) is 42.8 Å². The van der Waals surface area contributed by atoms with E-state index in [1.807, 2.05) is 30.3 Å². The van der Waals surface area contributed by atoms with Crippen LogP contribution in [0.15, 0.2) is 57.8 Å². The highest BCUT2D eigenvalue weighted by molar-refractivity contribution is 9.10. The van der Waals surface area contributed by atoms with E-state index in [0.29, 0.717) is 30.3 Å². The first-order valence-corrected chi connectivity index (χ1v) is 9.36. The first-order chi connectivity index (χ1) is 13.7. The number of ether oxygens (including phenoxy) is 2. The van der Waals surface area contributed by atoms with Crippen LogP contribution in [0, 0.1) is 0 Å². The molecule has 2 aromatic heterocycles. The highest BCUT2D eigenvalue weighted by atomic mass is 79.9. The number of carbonyl (C=O) groups is 1. The van der Waals surface area contributed by atoms with Crippen LogP contribution in [0.25, 0.3) is 17.5 Å². The fraction of sp³-hybridized carbons (Fsp3) is 0.200. The minimum absolute atomic E-state index is 0.253. The van der Waals surface area contributed by atoms with E-state index in [2.05, 4.69) is 31.1 Å². The van der Waals surface area contributed by atoms with E-state index in [1.165, 1.54) is 6.08 Å². The van der Waals surface area contributed by atoms with Crippen molar-refractivity contribution >= 4 is 28.0 Å². The lowest BCUT2D eigenvalue weighted by molar-refractivity contribution is -0.137. The van der Waals surface area contributed by atoms with E-state index >= 15 is 0 Å². The summed E-state index contributed by atoms with van der Waals surface area (Å²) in [6.07, 6.45) is 7.47. The molecule has 0 amide bonds. The van der Waals surface area contributed by atoms with Crippen LogP contribution in [-0.2, 0) is 16.0 Å². The standard InChI is InChI=1S/C20H18BrN3O4/c1-26-17-8-7-16(21)12-14(17)6-9-19(25)27-11-3-5-18-23-20(24-28-18)15-4-2-10-22-13-15/h2,4,6-10,12-13H,3,5,11H2,1H3/b9-6+. The molecule has 0 spiro atoms. The second kappa shape index (κ2) is 9.80. The van der Waals surface area contributed by atoms with Crippen LogP contribution in [0.4, 0.5) is 0 Å². The number of benzene rings is 1. The van der Waals surface area contributed by atoms with Gasteiger partial charge in [0.2, 0.25) is 11.7 Å². The van der Waals surface area contributed by atoms with Crippen molar-refractivity contribution in [1.82, 2.24) is 15.1 Å². The number of esters is 1. The van der Waals surface area contributed by atoms with Crippen molar-refractivity contribution in [3.8, 4) is 17.1 Å². The van der Waals surface area contributed by atoms with Crippen LogP contribution in [0.5, 0.6) is 5.75 Å². The second-order valence-electron chi connectivity index (χ2n) is 5.74. The summed E-state index contributed by atoms with van der Waals surface area (Å²) in [5, 5.41) is 3.93. The van der Waals surface area contributed by atoms with Gasteiger partial charge in [-0.1, -0.05) is 21.1 Å². The number of carbonyl (C=O) groups excluding carboxylic acids is 1. The summed E-state index contributed by atoms with van der Waals surface area (Å²) in [6, 6.07) is 9.21. The van der Waals surface area contributed by atoms with E-state index in [4.69, 9.17) is 14.0 Å². The molecule has 0 bridgehead atoms. The Bertz CT molecular complexity index is 957. The summed E-state index contributed by atoms with van der Waals surface area (Å²) in [5.41, 5.74) is 1.57. The van der Waals surface area contributed by atoms with Crippen LogP contribution in [0.2, 0.25) is 0 Å². The third-order valence-electron chi connectivity index (χ3n) is 3.76. The largest absolute Gasteiger partial charge is 0.496 e. The van der Waals surface area contributed by atoms with Crippen LogP contribution in [0.3, 0.4) is 0 Å². The van der Waals surface area contributed by atoms with Gasteiger partial charge in [0.05, 0.1) is 13.7 Å². The molecule has 0 radical (unpaired) electrons. The number of aromatic nitrogens is 3. The number of rotatable bonds is 8. The van der Waals surface area contributed by atoms with Crippen molar-refractivity contribution in [3.63, 3.8) is 0 Å². The predicted octanol–water partition coefficient (Wildman–Crippen LogP) is 4.09. The number of hydrogen-bond donors (Lipinski definition) is 0. The molecule has 0 N–H and O–H groups in total. The SMILES string of the molecule is COc1ccc(Br)cc1/C=C/C(=O)OCCCc1nc(-c2cccnc2)no1. The molecule has 28 heavy (non-hydrogen) atoms. The third kappa shape index (κ3) is 5.50. The summed E-state index contributed by atoms with van der Waals surface area (Å²) in [7, 11) is 1.58. The lowest BCUT2D eigenvalue weighted by atomic mass is 10.2. The van der Waals surface area contributed by atoms with Gasteiger partial charge in [0, 0.05) is 40.5 Å². The lowest BCUT2D eigenvalue weighted by Gasteiger charge is -2.05. The average molecular weight is 444 g/mol. The van der Waals surface area contributed by atoms with Crippen molar-refractivity contribution in [3.05, 3.63) is 64.7 Å². The van der Waals surface area contributed by atoms with Crippen molar-refractivity contribution in [2.24, 2.45) is 0 Å². The van der Waals surface area contributed by atoms with Crippen LogP contribution in [0.1, 0.15) is 17.9 Å². The van der Waals surface area contributed by atoms with Crippen molar-refractivity contribution in [1.29, 1.82) is 0 Å².